The fraction of sp³-hybridized carbons (Fsp3) is 0.400. The van der Waals surface area contributed by atoms with Crippen LogP contribution in [0.2, 0.25) is 0 Å². The van der Waals surface area contributed by atoms with Gasteiger partial charge in [0, 0.05) is 5.39 Å². The third kappa shape index (κ3) is 1.93. The molecule has 0 saturated carbocycles. The Morgan fingerprint density at radius 3 is 2.30 bits per heavy atom. The Labute approximate surface area is 118 Å². The van der Waals surface area contributed by atoms with Gasteiger partial charge in [-0.3, -0.25) is 0 Å². The number of benzene rings is 1. The Morgan fingerprint density at radius 1 is 1.05 bits per heavy atom. The van der Waals surface area contributed by atoms with Crippen molar-refractivity contribution >= 4 is 23.7 Å². The topological polar surface area (TPSA) is 55.4 Å². The number of nitriles is 1. The summed E-state index contributed by atoms with van der Waals surface area (Å²) in [6, 6.07) is 9.32. The SMILES string of the molecule is CC1(C)OB(c2cc3cc(C#N)ccc3o2)OC1(C)C. The molecule has 1 aromatic heterocycles. The summed E-state index contributed by atoms with van der Waals surface area (Å²) in [5.41, 5.74) is 1.18. The van der Waals surface area contributed by atoms with Gasteiger partial charge in [-0.25, -0.2) is 0 Å². The molecule has 0 radical (unpaired) electrons. The number of furan rings is 1. The summed E-state index contributed by atoms with van der Waals surface area (Å²) in [5.74, 6) is 0. The van der Waals surface area contributed by atoms with Crippen molar-refractivity contribution in [2.24, 2.45) is 0 Å². The lowest BCUT2D eigenvalue weighted by Crippen LogP contribution is -2.41. The Balaban J connectivity index is 1.98. The number of rotatable bonds is 1. The van der Waals surface area contributed by atoms with Crippen molar-refractivity contribution < 1.29 is 13.7 Å². The fourth-order valence-corrected chi connectivity index (χ4v) is 2.21. The van der Waals surface area contributed by atoms with Gasteiger partial charge in [0.2, 0.25) is 0 Å². The molecule has 1 saturated heterocycles. The minimum Gasteiger partial charge on any atom is -0.465 e. The van der Waals surface area contributed by atoms with Crippen LogP contribution >= 0.6 is 0 Å². The lowest BCUT2D eigenvalue weighted by Gasteiger charge is -2.32. The molecule has 0 amide bonds. The first-order valence-corrected chi connectivity index (χ1v) is 6.62. The molecule has 1 aliphatic rings. The van der Waals surface area contributed by atoms with Gasteiger partial charge in [-0.05, 0) is 52.0 Å². The normalized spacial score (nSPS) is 20.2. The van der Waals surface area contributed by atoms with E-state index in [1.807, 2.05) is 33.8 Å². The molecule has 0 bridgehead atoms. The molecule has 4 nitrogen and oxygen atoms in total. The van der Waals surface area contributed by atoms with Gasteiger partial charge < -0.3 is 13.7 Å². The molecule has 20 heavy (non-hydrogen) atoms. The first-order chi connectivity index (χ1) is 9.32. The van der Waals surface area contributed by atoms with E-state index >= 15 is 0 Å². The van der Waals surface area contributed by atoms with E-state index in [1.165, 1.54) is 0 Å². The highest BCUT2D eigenvalue weighted by Crippen LogP contribution is 2.36. The molecule has 2 heterocycles. The lowest BCUT2D eigenvalue weighted by atomic mass is 9.86. The monoisotopic (exact) mass is 269 g/mol. The van der Waals surface area contributed by atoms with Gasteiger partial charge in [0.15, 0.2) is 0 Å². The van der Waals surface area contributed by atoms with Crippen molar-refractivity contribution in [3.63, 3.8) is 0 Å². The molecule has 0 atom stereocenters. The predicted molar refractivity (Wildman–Crippen MR) is 76.6 cm³/mol. The van der Waals surface area contributed by atoms with Crippen molar-refractivity contribution in [1.82, 2.24) is 0 Å². The van der Waals surface area contributed by atoms with Crippen LogP contribution in [0.15, 0.2) is 28.7 Å². The molecule has 5 heteroatoms. The molecule has 1 aromatic carbocycles. The molecule has 3 rings (SSSR count). The van der Waals surface area contributed by atoms with Gasteiger partial charge in [0.1, 0.15) is 11.2 Å². The second kappa shape index (κ2) is 4.11. The van der Waals surface area contributed by atoms with Gasteiger partial charge >= 0.3 is 7.12 Å². The average molecular weight is 269 g/mol. The van der Waals surface area contributed by atoms with Gasteiger partial charge in [0.05, 0.1) is 22.8 Å². The third-order valence-electron chi connectivity index (χ3n) is 4.15. The van der Waals surface area contributed by atoms with Crippen molar-refractivity contribution in [3.05, 3.63) is 29.8 Å². The summed E-state index contributed by atoms with van der Waals surface area (Å²) < 4.78 is 17.7. The van der Waals surface area contributed by atoms with Gasteiger partial charge in [-0.1, -0.05) is 0 Å². The molecule has 1 aliphatic heterocycles. The highest BCUT2D eigenvalue weighted by atomic mass is 16.7. The summed E-state index contributed by atoms with van der Waals surface area (Å²) in [6.45, 7) is 8.01. The number of nitrogens with zero attached hydrogens (tertiary/aromatic N) is 1. The summed E-state index contributed by atoms with van der Waals surface area (Å²) in [7, 11) is -0.516. The fourth-order valence-electron chi connectivity index (χ4n) is 2.21. The Hall–Kier alpha value is -1.77. The zero-order valence-electron chi connectivity index (χ0n) is 12.1. The third-order valence-corrected chi connectivity index (χ3v) is 4.15. The van der Waals surface area contributed by atoms with Gasteiger partial charge in [0.25, 0.3) is 0 Å². The average Bonchev–Trinajstić information content (AvgIpc) is 2.87. The van der Waals surface area contributed by atoms with Crippen LogP contribution in [-0.2, 0) is 9.31 Å². The van der Waals surface area contributed by atoms with E-state index in [1.54, 1.807) is 18.2 Å². The summed E-state index contributed by atoms with van der Waals surface area (Å²) in [4.78, 5) is 0. The molecule has 0 aliphatic carbocycles. The molecule has 2 aromatic rings. The van der Waals surface area contributed by atoms with Gasteiger partial charge in [-0.15, -0.1) is 0 Å². The van der Waals surface area contributed by atoms with Crippen molar-refractivity contribution in [1.29, 1.82) is 5.26 Å². The van der Waals surface area contributed by atoms with Crippen LogP contribution in [0.4, 0.5) is 0 Å². The van der Waals surface area contributed by atoms with E-state index in [4.69, 9.17) is 19.0 Å². The summed E-state index contributed by atoms with van der Waals surface area (Å²) >= 11 is 0. The van der Waals surface area contributed by atoms with E-state index in [0.29, 0.717) is 11.2 Å². The molecule has 0 unspecified atom stereocenters. The Morgan fingerprint density at radius 2 is 1.70 bits per heavy atom. The Bertz CT molecular complexity index is 695. The van der Waals surface area contributed by atoms with Crippen molar-refractivity contribution in [2.75, 3.05) is 0 Å². The lowest BCUT2D eigenvalue weighted by molar-refractivity contribution is 0.00578. The minimum atomic E-state index is -0.516. The van der Waals surface area contributed by atoms with Crippen LogP contribution in [0.3, 0.4) is 0 Å². The maximum absolute atomic E-state index is 8.92. The predicted octanol–water partition coefficient (Wildman–Crippen LogP) is 2.60. The van der Waals surface area contributed by atoms with Crippen LogP contribution in [0.25, 0.3) is 11.0 Å². The quantitative estimate of drug-likeness (QED) is 0.747. The zero-order valence-corrected chi connectivity index (χ0v) is 12.1. The zero-order chi connectivity index (χ0) is 14.5. The number of hydrogen-bond donors (Lipinski definition) is 0. The van der Waals surface area contributed by atoms with E-state index in [2.05, 4.69) is 6.07 Å². The van der Waals surface area contributed by atoms with Crippen molar-refractivity contribution in [2.45, 2.75) is 38.9 Å². The summed E-state index contributed by atoms with van der Waals surface area (Å²) in [5, 5.41) is 9.81. The molecular formula is C15H16BNO3. The van der Waals surface area contributed by atoms with Crippen LogP contribution < -0.4 is 5.66 Å². The standard InChI is InChI=1S/C15H16BNO3/c1-14(2)15(3,4)20-16(19-14)13-8-11-7-10(9-17)5-6-12(11)18-13/h5-8H,1-4H3. The first-order valence-electron chi connectivity index (χ1n) is 6.62. The van der Waals surface area contributed by atoms with E-state index in [-0.39, 0.29) is 0 Å². The highest BCUT2D eigenvalue weighted by molar-refractivity contribution is 6.61. The number of fused-ring (bicyclic) bond motifs is 1. The van der Waals surface area contributed by atoms with Crippen LogP contribution in [0, 0.1) is 11.3 Å². The maximum atomic E-state index is 8.92. The maximum Gasteiger partial charge on any atom is 0.532 e. The Kier molecular flexibility index (Phi) is 2.72. The molecule has 0 spiro atoms. The van der Waals surface area contributed by atoms with Crippen molar-refractivity contribution in [3.8, 4) is 6.07 Å². The first kappa shape index (κ1) is 13.2. The molecule has 102 valence electrons. The van der Waals surface area contributed by atoms with E-state index < -0.39 is 18.3 Å². The van der Waals surface area contributed by atoms with E-state index in [9.17, 15) is 0 Å². The van der Waals surface area contributed by atoms with Crippen LogP contribution in [0.5, 0.6) is 0 Å². The largest absolute Gasteiger partial charge is 0.532 e. The molecule has 0 N–H and O–H groups in total. The molecular weight excluding hydrogens is 253 g/mol. The highest BCUT2D eigenvalue weighted by Gasteiger charge is 2.53. The minimum absolute atomic E-state index is 0.394. The second-order valence-electron chi connectivity index (χ2n) is 6.10. The smallest absolute Gasteiger partial charge is 0.465 e. The molecule has 1 fully saturated rings. The van der Waals surface area contributed by atoms with Crippen LogP contribution in [-0.4, -0.2) is 18.3 Å². The van der Waals surface area contributed by atoms with Crippen LogP contribution in [0.1, 0.15) is 33.3 Å². The number of hydrogen-bond acceptors (Lipinski definition) is 4. The van der Waals surface area contributed by atoms with E-state index in [0.717, 1.165) is 11.0 Å². The van der Waals surface area contributed by atoms with Gasteiger partial charge in [-0.2, -0.15) is 5.26 Å². The second-order valence-corrected chi connectivity index (χ2v) is 6.10. The summed E-state index contributed by atoms with van der Waals surface area (Å²) in [6.07, 6.45) is 0.